The maximum absolute atomic E-state index is 12.0. The van der Waals surface area contributed by atoms with Gasteiger partial charge in [-0.15, -0.1) is 0 Å². The molecule has 0 spiro atoms. The van der Waals surface area contributed by atoms with Crippen LogP contribution >= 0.6 is 11.5 Å². The maximum Gasteiger partial charge on any atom is 0.223 e. The summed E-state index contributed by atoms with van der Waals surface area (Å²) in [6.07, 6.45) is 4.88. The van der Waals surface area contributed by atoms with Crippen molar-refractivity contribution in [1.82, 2.24) is 14.7 Å². The molecular formula is C14H22N4O2S. The fourth-order valence-corrected chi connectivity index (χ4v) is 3.31. The van der Waals surface area contributed by atoms with Gasteiger partial charge in [0, 0.05) is 50.1 Å². The predicted molar refractivity (Wildman–Crippen MR) is 81.6 cm³/mol. The van der Waals surface area contributed by atoms with Gasteiger partial charge in [-0.05, 0) is 25.7 Å². The lowest BCUT2D eigenvalue weighted by atomic mass is 9.96. The molecule has 1 aliphatic heterocycles. The highest BCUT2D eigenvalue weighted by molar-refractivity contribution is 7.09. The van der Waals surface area contributed by atoms with Crippen molar-refractivity contribution in [2.24, 2.45) is 5.92 Å². The topological polar surface area (TPSA) is 67.3 Å². The highest BCUT2D eigenvalue weighted by atomic mass is 32.1. The molecule has 0 radical (unpaired) electrons. The minimum atomic E-state index is 0.169. The summed E-state index contributed by atoms with van der Waals surface area (Å²) < 4.78 is 9.40. The SMILES string of the molecule is COCCc1nsc(N2CCC(C(=O)NC3CC3)CC2)n1. The number of rotatable bonds is 6. The number of anilines is 1. The number of hydrogen-bond donors (Lipinski definition) is 1. The summed E-state index contributed by atoms with van der Waals surface area (Å²) in [5.41, 5.74) is 0. The van der Waals surface area contributed by atoms with Crippen LogP contribution < -0.4 is 10.2 Å². The molecule has 7 heteroatoms. The first-order valence-corrected chi connectivity index (χ1v) is 8.40. The Morgan fingerprint density at radius 1 is 1.38 bits per heavy atom. The first kappa shape index (κ1) is 14.7. The van der Waals surface area contributed by atoms with Crippen molar-refractivity contribution in [3.05, 3.63) is 5.82 Å². The molecule has 0 aromatic carbocycles. The highest BCUT2D eigenvalue weighted by Gasteiger charge is 2.30. The Morgan fingerprint density at radius 3 is 2.81 bits per heavy atom. The number of aromatic nitrogens is 2. The van der Waals surface area contributed by atoms with Crippen LogP contribution in [0.2, 0.25) is 0 Å². The van der Waals surface area contributed by atoms with Gasteiger partial charge in [0.25, 0.3) is 0 Å². The van der Waals surface area contributed by atoms with E-state index in [0.29, 0.717) is 12.6 Å². The second-order valence-corrected chi connectivity index (χ2v) is 6.51. The van der Waals surface area contributed by atoms with Crippen LogP contribution in [-0.2, 0) is 16.0 Å². The lowest BCUT2D eigenvalue weighted by molar-refractivity contribution is -0.125. The summed E-state index contributed by atoms with van der Waals surface area (Å²) in [5.74, 6) is 1.27. The number of piperidine rings is 1. The molecule has 116 valence electrons. The van der Waals surface area contributed by atoms with Crippen LogP contribution in [0.1, 0.15) is 31.5 Å². The van der Waals surface area contributed by atoms with Crippen LogP contribution in [0, 0.1) is 5.92 Å². The molecule has 1 aromatic rings. The molecule has 3 rings (SSSR count). The number of ether oxygens (including phenoxy) is 1. The van der Waals surface area contributed by atoms with Crippen molar-refractivity contribution < 1.29 is 9.53 Å². The molecule has 1 aliphatic carbocycles. The number of nitrogens with one attached hydrogen (secondary N) is 1. The normalized spacial score (nSPS) is 19.8. The smallest absolute Gasteiger partial charge is 0.223 e. The van der Waals surface area contributed by atoms with Gasteiger partial charge in [-0.25, -0.2) is 4.98 Å². The number of carbonyl (C=O) groups is 1. The second-order valence-electron chi connectivity index (χ2n) is 5.78. The monoisotopic (exact) mass is 310 g/mol. The van der Waals surface area contributed by atoms with Crippen LogP contribution in [0.3, 0.4) is 0 Å². The van der Waals surface area contributed by atoms with E-state index in [9.17, 15) is 4.79 Å². The quantitative estimate of drug-likeness (QED) is 0.856. The van der Waals surface area contributed by atoms with Gasteiger partial charge >= 0.3 is 0 Å². The predicted octanol–water partition coefficient (Wildman–Crippen LogP) is 1.22. The van der Waals surface area contributed by atoms with Gasteiger partial charge in [0.05, 0.1) is 6.61 Å². The van der Waals surface area contributed by atoms with Crippen molar-refractivity contribution in [3.63, 3.8) is 0 Å². The van der Waals surface area contributed by atoms with Crippen molar-refractivity contribution in [3.8, 4) is 0 Å². The average Bonchev–Trinajstić information content (AvgIpc) is 3.20. The van der Waals surface area contributed by atoms with E-state index in [1.165, 1.54) is 11.5 Å². The molecule has 2 heterocycles. The second kappa shape index (κ2) is 6.70. The van der Waals surface area contributed by atoms with E-state index in [2.05, 4.69) is 19.6 Å². The summed E-state index contributed by atoms with van der Waals surface area (Å²) in [6, 6.07) is 0.460. The maximum atomic E-state index is 12.0. The van der Waals surface area contributed by atoms with E-state index < -0.39 is 0 Å². The van der Waals surface area contributed by atoms with Crippen LogP contribution in [-0.4, -0.2) is 48.1 Å². The lowest BCUT2D eigenvalue weighted by Crippen LogP contribution is -2.41. The summed E-state index contributed by atoms with van der Waals surface area (Å²) >= 11 is 1.45. The first-order chi connectivity index (χ1) is 10.3. The molecular weight excluding hydrogens is 288 g/mol. The molecule has 1 amide bonds. The summed E-state index contributed by atoms with van der Waals surface area (Å²) in [5, 5.41) is 4.08. The number of hydrogen-bond acceptors (Lipinski definition) is 6. The van der Waals surface area contributed by atoms with Gasteiger partial charge in [0.2, 0.25) is 11.0 Å². The lowest BCUT2D eigenvalue weighted by Gasteiger charge is -2.30. The molecule has 0 bridgehead atoms. The number of carbonyl (C=O) groups excluding carboxylic acids is 1. The zero-order valence-electron chi connectivity index (χ0n) is 12.4. The Bertz CT molecular complexity index is 481. The third kappa shape index (κ3) is 3.91. The molecule has 6 nitrogen and oxygen atoms in total. The third-order valence-electron chi connectivity index (χ3n) is 4.05. The van der Waals surface area contributed by atoms with Gasteiger partial charge in [-0.2, -0.15) is 4.37 Å². The van der Waals surface area contributed by atoms with Crippen molar-refractivity contribution in [1.29, 1.82) is 0 Å². The van der Waals surface area contributed by atoms with E-state index in [4.69, 9.17) is 4.74 Å². The van der Waals surface area contributed by atoms with Gasteiger partial charge in [-0.3, -0.25) is 4.79 Å². The fourth-order valence-electron chi connectivity index (χ4n) is 2.55. The largest absolute Gasteiger partial charge is 0.384 e. The molecule has 1 aromatic heterocycles. The van der Waals surface area contributed by atoms with Crippen LogP contribution in [0.4, 0.5) is 5.13 Å². The molecule has 2 fully saturated rings. The highest BCUT2D eigenvalue weighted by Crippen LogP contribution is 2.26. The Kier molecular flexibility index (Phi) is 4.70. The van der Waals surface area contributed by atoms with Crippen LogP contribution in [0.15, 0.2) is 0 Å². The zero-order chi connectivity index (χ0) is 14.7. The Balaban J connectivity index is 1.48. The number of nitrogens with zero attached hydrogens (tertiary/aromatic N) is 3. The molecule has 1 saturated carbocycles. The summed E-state index contributed by atoms with van der Waals surface area (Å²) in [6.45, 7) is 2.43. The fraction of sp³-hybridized carbons (Fsp3) is 0.786. The van der Waals surface area contributed by atoms with E-state index in [0.717, 1.165) is 56.1 Å². The minimum absolute atomic E-state index is 0.169. The van der Waals surface area contributed by atoms with Crippen molar-refractivity contribution in [2.45, 2.75) is 38.1 Å². The Hall–Kier alpha value is -1.21. The molecule has 21 heavy (non-hydrogen) atoms. The average molecular weight is 310 g/mol. The molecule has 2 aliphatic rings. The van der Waals surface area contributed by atoms with E-state index >= 15 is 0 Å². The van der Waals surface area contributed by atoms with E-state index in [1.54, 1.807) is 7.11 Å². The van der Waals surface area contributed by atoms with Gasteiger partial charge in [-0.1, -0.05) is 0 Å². The molecule has 1 N–H and O–H groups in total. The number of amides is 1. The zero-order valence-corrected chi connectivity index (χ0v) is 13.2. The standard InChI is InChI=1S/C14H22N4O2S/c1-20-9-6-12-16-14(21-17-12)18-7-4-10(5-8-18)13(19)15-11-2-3-11/h10-11H,2-9H2,1H3,(H,15,19). The van der Waals surface area contributed by atoms with E-state index in [-0.39, 0.29) is 11.8 Å². The summed E-state index contributed by atoms with van der Waals surface area (Å²) in [4.78, 5) is 18.8. The van der Waals surface area contributed by atoms with Crippen molar-refractivity contribution >= 4 is 22.6 Å². The Morgan fingerprint density at radius 2 is 2.14 bits per heavy atom. The first-order valence-electron chi connectivity index (χ1n) is 7.63. The van der Waals surface area contributed by atoms with E-state index in [1.807, 2.05) is 0 Å². The Labute approximate surface area is 129 Å². The van der Waals surface area contributed by atoms with Gasteiger partial charge in [0.15, 0.2) is 0 Å². The van der Waals surface area contributed by atoms with Crippen LogP contribution in [0.5, 0.6) is 0 Å². The molecule has 0 unspecified atom stereocenters. The number of methoxy groups -OCH3 is 1. The van der Waals surface area contributed by atoms with Crippen LogP contribution in [0.25, 0.3) is 0 Å². The van der Waals surface area contributed by atoms with Crippen molar-refractivity contribution in [2.75, 3.05) is 31.7 Å². The molecule has 0 atom stereocenters. The minimum Gasteiger partial charge on any atom is -0.384 e. The van der Waals surface area contributed by atoms with Gasteiger partial charge in [0.1, 0.15) is 5.82 Å². The van der Waals surface area contributed by atoms with Gasteiger partial charge < -0.3 is 15.0 Å². The molecule has 1 saturated heterocycles. The summed E-state index contributed by atoms with van der Waals surface area (Å²) in [7, 11) is 1.69. The third-order valence-corrected chi connectivity index (χ3v) is 4.86.